The molecule has 0 atom stereocenters. The lowest BCUT2D eigenvalue weighted by atomic mass is 10.1. The van der Waals surface area contributed by atoms with Crippen LogP contribution in [0.1, 0.15) is 27.1 Å². The molecule has 1 aliphatic heterocycles. The van der Waals surface area contributed by atoms with Gasteiger partial charge >= 0.3 is 0 Å². The lowest BCUT2D eigenvalue weighted by molar-refractivity contribution is -0.121. The fourth-order valence-corrected chi connectivity index (χ4v) is 2.66. The molecule has 1 aliphatic rings. The number of rotatable bonds is 7. The standard InChI is InChI=1S/C14H17N3O5S/c1-23(21,22)16-8-7-15-12(18)6-9-17-13(19)10-4-2-3-5-11(10)14(17)20/h2-5,16H,6-9H2,1H3,(H,15,18). The van der Waals surface area contributed by atoms with E-state index in [4.69, 9.17) is 0 Å². The van der Waals surface area contributed by atoms with Gasteiger partial charge < -0.3 is 5.32 Å². The Morgan fingerprint density at radius 1 is 1.09 bits per heavy atom. The average molecular weight is 339 g/mol. The fourth-order valence-electron chi connectivity index (χ4n) is 2.18. The molecule has 2 N–H and O–H groups in total. The van der Waals surface area contributed by atoms with Crippen LogP contribution in [0.25, 0.3) is 0 Å². The SMILES string of the molecule is CS(=O)(=O)NCCNC(=O)CCN1C(=O)c2ccccc2C1=O. The summed E-state index contributed by atoms with van der Waals surface area (Å²) in [7, 11) is -3.29. The van der Waals surface area contributed by atoms with Gasteiger partial charge in [0.05, 0.1) is 17.4 Å². The zero-order valence-corrected chi connectivity index (χ0v) is 13.4. The minimum absolute atomic E-state index is 0.0162. The number of carbonyl (C=O) groups excluding carboxylic acids is 3. The van der Waals surface area contributed by atoms with Crippen LogP contribution in [-0.4, -0.2) is 56.9 Å². The van der Waals surface area contributed by atoms with Crippen molar-refractivity contribution in [1.29, 1.82) is 0 Å². The predicted molar refractivity (Wildman–Crippen MR) is 82.3 cm³/mol. The quantitative estimate of drug-likeness (QED) is 0.506. The number of nitrogens with zero attached hydrogens (tertiary/aromatic N) is 1. The Kier molecular flexibility index (Phi) is 5.12. The van der Waals surface area contributed by atoms with E-state index in [9.17, 15) is 22.8 Å². The van der Waals surface area contributed by atoms with Gasteiger partial charge in [-0.25, -0.2) is 13.1 Å². The molecule has 8 nitrogen and oxygen atoms in total. The highest BCUT2D eigenvalue weighted by atomic mass is 32.2. The van der Waals surface area contributed by atoms with E-state index in [-0.39, 0.29) is 32.0 Å². The minimum Gasteiger partial charge on any atom is -0.355 e. The fraction of sp³-hybridized carbons (Fsp3) is 0.357. The molecule has 124 valence electrons. The van der Waals surface area contributed by atoms with Gasteiger partial charge in [0.15, 0.2) is 0 Å². The van der Waals surface area contributed by atoms with E-state index >= 15 is 0 Å². The number of carbonyl (C=O) groups is 3. The number of sulfonamides is 1. The minimum atomic E-state index is -3.29. The van der Waals surface area contributed by atoms with Gasteiger partial charge in [-0.15, -0.1) is 0 Å². The van der Waals surface area contributed by atoms with E-state index < -0.39 is 21.8 Å². The highest BCUT2D eigenvalue weighted by Crippen LogP contribution is 2.22. The van der Waals surface area contributed by atoms with Gasteiger partial charge in [0.1, 0.15) is 0 Å². The second-order valence-electron chi connectivity index (χ2n) is 5.07. The molecule has 0 fully saturated rings. The summed E-state index contributed by atoms with van der Waals surface area (Å²) in [4.78, 5) is 36.9. The summed E-state index contributed by atoms with van der Waals surface area (Å²) in [6, 6.07) is 6.50. The number of imide groups is 1. The van der Waals surface area contributed by atoms with Crippen LogP contribution >= 0.6 is 0 Å². The summed E-state index contributed by atoms with van der Waals surface area (Å²) in [5.74, 6) is -1.17. The van der Waals surface area contributed by atoms with Crippen molar-refractivity contribution >= 4 is 27.7 Å². The summed E-state index contributed by atoms with van der Waals surface area (Å²) in [5.41, 5.74) is 0.686. The highest BCUT2D eigenvalue weighted by Gasteiger charge is 2.34. The van der Waals surface area contributed by atoms with Crippen molar-refractivity contribution in [3.63, 3.8) is 0 Å². The lowest BCUT2D eigenvalue weighted by Gasteiger charge is -2.13. The lowest BCUT2D eigenvalue weighted by Crippen LogP contribution is -2.37. The van der Waals surface area contributed by atoms with E-state index in [1.165, 1.54) is 0 Å². The topological polar surface area (TPSA) is 113 Å². The number of hydrogen-bond donors (Lipinski definition) is 2. The van der Waals surface area contributed by atoms with Gasteiger partial charge in [-0.05, 0) is 12.1 Å². The third kappa shape index (κ3) is 4.36. The molecule has 3 amide bonds. The van der Waals surface area contributed by atoms with E-state index in [0.29, 0.717) is 11.1 Å². The molecule has 1 heterocycles. The van der Waals surface area contributed by atoms with Crippen LogP contribution in [0, 0.1) is 0 Å². The number of nitrogens with one attached hydrogen (secondary N) is 2. The van der Waals surface area contributed by atoms with Crippen molar-refractivity contribution < 1.29 is 22.8 Å². The summed E-state index contributed by atoms with van der Waals surface area (Å²) in [5, 5.41) is 2.51. The van der Waals surface area contributed by atoms with E-state index in [0.717, 1.165) is 11.2 Å². The monoisotopic (exact) mass is 339 g/mol. The molecular formula is C14H17N3O5S. The maximum absolute atomic E-state index is 12.1. The van der Waals surface area contributed by atoms with Crippen molar-refractivity contribution in [2.24, 2.45) is 0 Å². The molecule has 0 spiro atoms. The maximum Gasteiger partial charge on any atom is 0.261 e. The Hall–Kier alpha value is -2.26. The van der Waals surface area contributed by atoms with Crippen LogP contribution in [0.15, 0.2) is 24.3 Å². The first-order valence-electron chi connectivity index (χ1n) is 6.96. The number of benzene rings is 1. The molecule has 0 bridgehead atoms. The molecule has 1 aromatic rings. The first-order valence-corrected chi connectivity index (χ1v) is 8.85. The summed E-state index contributed by atoms with van der Waals surface area (Å²) in [6.07, 6.45) is 0.988. The van der Waals surface area contributed by atoms with Crippen LogP contribution in [0.3, 0.4) is 0 Å². The summed E-state index contributed by atoms with van der Waals surface area (Å²) in [6.45, 7) is 0.198. The Bertz CT molecular complexity index is 710. The maximum atomic E-state index is 12.1. The van der Waals surface area contributed by atoms with Gasteiger partial charge in [-0.2, -0.15) is 0 Å². The van der Waals surface area contributed by atoms with Gasteiger partial charge in [0, 0.05) is 26.1 Å². The molecule has 0 aromatic heterocycles. The molecule has 0 radical (unpaired) electrons. The highest BCUT2D eigenvalue weighted by molar-refractivity contribution is 7.88. The first-order chi connectivity index (χ1) is 10.8. The molecular weight excluding hydrogens is 322 g/mol. The second-order valence-corrected chi connectivity index (χ2v) is 6.91. The van der Waals surface area contributed by atoms with E-state index in [1.807, 2.05) is 0 Å². The largest absolute Gasteiger partial charge is 0.355 e. The van der Waals surface area contributed by atoms with Gasteiger partial charge in [0.25, 0.3) is 11.8 Å². The second kappa shape index (κ2) is 6.88. The molecule has 2 rings (SSSR count). The molecule has 0 saturated carbocycles. The van der Waals surface area contributed by atoms with Gasteiger partial charge in [-0.3, -0.25) is 19.3 Å². The number of hydrogen-bond acceptors (Lipinski definition) is 5. The zero-order valence-electron chi connectivity index (χ0n) is 12.5. The molecule has 9 heteroatoms. The number of fused-ring (bicyclic) bond motifs is 1. The van der Waals surface area contributed by atoms with Crippen LogP contribution in [0.5, 0.6) is 0 Å². The molecule has 23 heavy (non-hydrogen) atoms. The average Bonchev–Trinajstić information content (AvgIpc) is 2.73. The third-order valence-electron chi connectivity index (χ3n) is 3.25. The van der Waals surface area contributed by atoms with Gasteiger partial charge in [-0.1, -0.05) is 12.1 Å². The summed E-state index contributed by atoms with van der Waals surface area (Å²) >= 11 is 0. The predicted octanol–water partition coefficient (Wildman–Crippen LogP) is -0.662. The Morgan fingerprint density at radius 3 is 2.17 bits per heavy atom. The van der Waals surface area contributed by atoms with Crippen LogP contribution in [-0.2, 0) is 14.8 Å². The Labute approximate surface area is 133 Å². The molecule has 0 unspecified atom stereocenters. The Balaban J connectivity index is 1.80. The first kappa shape index (κ1) is 17.1. The van der Waals surface area contributed by atoms with Crippen LogP contribution in [0.2, 0.25) is 0 Å². The van der Waals surface area contributed by atoms with Crippen molar-refractivity contribution in [2.45, 2.75) is 6.42 Å². The van der Waals surface area contributed by atoms with E-state index in [2.05, 4.69) is 10.0 Å². The van der Waals surface area contributed by atoms with Crippen molar-refractivity contribution in [1.82, 2.24) is 14.9 Å². The van der Waals surface area contributed by atoms with E-state index in [1.54, 1.807) is 24.3 Å². The Morgan fingerprint density at radius 2 is 1.65 bits per heavy atom. The number of amides is 3. The molecule has 1 aromatic carbocycles. The van der Waals surface area contributed by atoms with Gasteiger partial charge in [0.2, 0.25) is 15.9 Å². The van der Waals surface area contributed by atoms with Crippen molar-refractivity contribution in [2.75, 3.05) is 25.9 Å². The third-order valence-corrected chi connectivity index (χ3v) is 3.98. The van der Waals surface area contributed by atoms with Crippen molar-refractivity contribution in [3.8, 4) is 0 Å². The molecule has 0 aliphatic carbocycles. The van der Waals surface area contributed by atoms with Crippen molar-refractivity contribution in [3.05, 3.63) is 35.4 Å². The normalized spacial score (nSPS) is 14.0. The summed E-state index contributed by atoms with van der Waals surface area (Å²) < 4.78 is 23.9. The van der Waals surface area contributed by atoms with Crippen LogP contribution in [0.4, 0.5) is 0 Å². The molecule has 0 saturated heterocycles. The van der Waals surface area contributed by atoms with Crippen LogP contribution < -0.4 is 10.0 Å². The smallest absolute Gasteiger partial charge is 0.261 e. The zero-order chi connectivity index (χ0) is 17.0.